The Bertz CT molecular complexity index is 1010. The lowest BCUT2D eigenvalue weighted by Crippen LogP contribution is -2.63. The van der Waals surface area contributed by atoms with Gasteiger partial charge in [0.15, 0.2) is 6.29 Å². The minimum atomic E-state index is -1.80. The van der Waals surface area contributed by atoms with Crippen molar-refractivity contribution >= 4 is 5.97 Å². The van der Waals surface area contributed by atoms with E-state index in [-0.39, 0.29) is 6.10 Å². The number of hydrogen-bond acceptors (Lipinski definition) is 8. The first-order valence-electron chi connectivity index (χ1n) is 15.6. The van der Waals surface area contributed by atoms with Crippen LogP contribution in [-0.2, 0) is 14.3 Å². The average Bonchev–Trinajstić information content (AvgIpc) is 3.25. The number of carbonyl (C=O) groups is 1. The van der Waals surface area contributed by atoms with E-state index in [0.29, 0.717) is 42.4 Å². The third kappa shape index (κ3) is 7.34. The Morgan fingerprint density at radius 1 is 1.17 bits per heavy atom. The standard InChI is InChI=1S/C33H52O8/c1-19-10-13-23(40-31-28(36)26(34)27(35)29(41-31)30(37)38)18-22(19)12-11-21-9-7-17-33(5)24(14-15-25(21)33)20(2)8-6-16-32(3,4)39/h11-12,20,23-29,31,34-36,39H,1,6-10,13-18H2,2-5H3,(H,37,38)/p-1/b21-11+,22-12-/t20-,23+,24-,25+,26+,27+,28-,29+,31-,33-/m1/s1. The zero-order valence-corrected chi connectivity index (χ0v) is 25.3. The second-order valence-corrected chi connectivity index (χ2v) is 14.0. The number of aliphatic hydroxyl groups excluding tert-OH is 3. The summed E-state index contributed by atoms with van der Waals surface area (Å²) in [4.78, 5) is 11.3. The first kappa shape index (κ1) is 32.4. The lowest BCUT2D eigenvalue weighted by molar-refractivity contribution is -0.353. The van der Waals surface area contributed by atoms with Crippen molar-refractivity contribution in [3.05, 3.63) is 35.5 Å². The maximum Gasteiger partial charge on any atom is 0.187 e. The van der Waals surface area contributed by atoms with Crippen molar-refractivity contribution in [1.82, 2.24) is 0 Å². The fraction of sp³-hybridized carbons (Fsp3) is 0.788. The van der Waals surface area contributed by atoms with E-state index in [2.05, 4.69) is 32.6 Å². The van der Waals surface area contributed by atoms with E-state index in [9.17, 15) is 30.3 Å². The molecule has 0 aromatic heterocycles. The summed E-state index contributed by atoms with van der Waals surface area (Å²) in [5.41, 5.74) is 3.31. The first-order chi connectivity index (χ1) is 19.2. The Labute approximate surface area is 245 Å². The highest BCUT2D eigenvalue weighted by Crippen LogP contribution is 2.60. The highest BCUT2D eigenvalue weighted by Gasteiger charge is 2.50. The monoisotopic (exact) mass is 575 g/mol. The van der Waals surface area contributed by atoms with Gasteiger partial charge in [-0.25, -0.2) is 0 Å². The van der Waals surface area contributed by atoms with Crippen LogP contribution in [0.5, 0.6) is 0 Å². The Balaban J connectivity index is 1.41. The van der Waals surface area contributed by atoms with Crippen LogP contribution < -0.4 is 5.11 Å². The minimum Gasteiger partial charge on any atom is -0.547 e. The number of carboxylic acid groups (broad SMARTS) is 1. The van der Waals surface area contributed by atoms with Crippen molar-refractivity contribution in [2.24, 2.45) is 23.2 Å². The SMILES string of the molecule is C=C1CC[C@H](O[C@@H]2O[C@H](C(=O)[O-])[C@@H](O)[C@H](O)[C@H]2O)C/C1=C/C=C1\CCC[C@]2(C)[C@@H]([C@H](C)CCCC(C)(C)O)CC[C@@H]12. The molecule has 232 valence electrons. The third-order valence-corrected chi connectivity index (χ3v) is 10.5. The zero-order chi connectivity index (χ0) is 30.1. The summed E-state index contributed by atoms with van der Waals surface area (Å²) in [7, 11) is 0. The van der Waals surface area contributed by atoms with Gasteiger partial charge in [0.1, 0.15) is 24.4 Å². The minimum absolute atomic E-state index is 0.293. The van der Waals surface area contributed by atoms with Crippen LogP contribution >= 0.6 is 0 Å². The second kappa shape index (κ2) is 13.0. The van der Waals surface area contributed by atoms with Crippen LogP contribution in [0.3, 0.4) is 0 Å². The molecule has 10 atom stereocenters. The van der Waals surface area contributed by atoms with E-state index in [4.69, 9.17) is 9.47 Å². The largest absolute Gasteiger partial charge is 0.547 e. The molecule has 0 aromatic carbocycles. The Morgan fingerprint density at radius 2 is 1.90 bits per heavy atom. The molecule has 1 aliphatic heterocycles. The van der Waals surface area contributed by atoms with Gasteiger partial charge in [0, 0.05) is 0 Å². The molecule has 4 rings (SSSR count). The number of aliphatic carboxylic acids is 1. The van der Waals surface area contributed by atoms with Crippen molar-refractivity contribution in [2.45, 2.75) is 141 Å². The molecule has 1 heterocycles. The van der Waals surface area contributed by atoms with E-state index in [1.807, 2.05) is 13.8 Å². The molecule has 41 heavy (non-hydrogen) atoms. The van der Waals surface area contributed by atoms with Crippen LogP contribution in [0.25, 0.3) is 0 Å². The molecule has 0 aromatic rings. The van der Waals surface area contributed by atoms with Crippen molar-refractivity contribution in [3.8, 4) is 0 Å². The van der Waals surface area contributed by atoms with E-state index in [1.54, 1.807) is 0 Å². The highest BCUT2D eigenvalue weighted by molar-refractivity contribution is 5.71. The maximum absolute atomic E-state index is 11.3. The molecule has 8 nitrogen and oxygen atoms in total. The normalized spacial score (nSPS) is 41.0. The van der Waals surface area contributed by atoms with Crippen molar-refractivity contribution in [3.63, 3.8) is 0 Å². The number of carbonyl (C=O) groups excluding carboxylic acids is 1. The first-order valence-corrected chi connectivity index (χ1v) is 15.6. The van der Waals surface area contributed by atoms with E-state index in [1.165, 1.54) is 31.3 Å². The zero-order valence-electron chi connectivity index (χ0n) is 25.3. The van der Waals surface area contributed by atoms with E-state index >= 15 is 0 Å². The van der Waals surface area contributed by atoms with Crippen LogP contribution in [0.4, 0.5) is 0 Å². The number of aliphatic hydroxyl groups is 4. The topological polar surface area (TPSA) is 140 Å². The predicted octanol–water partition coefficient (Wildman–Crippen LogP) is 3.32. The van der Waals surface area contributed by atoms with Gasteiger partial charge in [0.25, 0.3) is 0 Å². The lowest BCUT2D eigenvalue weighted by Gasteiger charge is -2.44. The van der Waals surface area contributed by atoms with Crippen molar-refractivity contribution in [1.29, 1.82) is 0 Å². The molecule has 4 N–H and O–H groups in total. The fourth-order valence-corrected chi connectivity index (χ4v) is 8.11. The Kier molecular flexibility index (Phi) is 10.2. The molecule has 0 spiro atoms. The summed E-state index contributed by atoms with van der Waals surface area (Å²) < 4.78 is 11.2. The highest BCUT2D eigenvalue weighted by atomic mass is 16.7. The molecule has 3 saturated carbocycles. The molecule has 0 bridgehead atoms. The van der Waals surface area contributed by atoms with E-state index < -0.39 is 42.3 Å². The molecule has 0 radical (unpaired) electrons. The Morgan fingerprint density at radius 3 is 2.59 bits per heavy atom. The van der Waals surface area contributed by atoms with Gasteiger partial charge in [-0.2, -0.15) is 0 Å². The van der Waals surface area contributed by atoms with Gasteiger partial charge in [-0.05, 0) is 100 Å². The summed E-state index contributed by atoms with van der Waals surface area (Å²) in [5, 5.41) is 51.9. The second-order valence-electron chi connectivity index (χ2n) is 14.0. The smallest absolute Gasteiger partial charge is 0.187 e. The van der Waals surface area contributed by atoms with Gasteiger partial charge in [-0.3, -0.25) is 0 Å². The molecular weight excluding hydrogens is 524 g/mol. The maximum atomic E-state index is 11.3. The molecule has 3 aliphatic carbocycles. The van der Waals surface area contributed by atoms with Crippen LogP contribution in [0, 0.1) is 23.2 Å². The van der Waals surface area contributed by atoms with Gasteiger partial charge < -0.3 is 39.8 Å². The van der Waals surface area contributed by atoms with Crippen LogP contribution in [0.15, 0.2) is 35.5 Å². The van der Waals surface area contributed by atoms with Crippen molar-refractivity contribution in [2.75, 3.05) is 0 Å². The van der Waals surface area contributed by atoms with Crippen LogP contribution in [0.1, 0.15) is 98.3 Å². The fourth-order valence-electron chi connectivity index (χ4n) is 8.11. The molecule has 0 unspecified atom stereocenters. The molecule has 0 amide bonds. The Hall–Kier alpha value is -1.55. The summed E-state index contributed by atoms with van der Waals surface area (Å²) in [5.74, 6) is 0.223. The van der Waals surface area contributed by atoms with Gasteiger partial charge in [-0.15, -0.1) is 0 Å². The predicted molar refractivity (Wildman–Crippen MR) is 153 cm³/mol. The molecular formula is C33H51O8-. The van der Waals surface area contributed by atoms with Gasteiger partial charge >= 0.3 is 0 Å². The third-order valence-electron chi connectivity index (χ3n) is 10.5. The molecule has 4 fully saturated rings. The van der Waals surface area contributed by atoms with Gasteiger partial charge in [0.2, 0.25) is 0 Å². The quantitative estimate of drug-likeness (QED) is 0.328. The number of allylic oxidation sites excluding steroid dienone is 4. The summed E-state index contributed by atoms with van der Waals surface area (Å²) in [6.45, 7) is 12.9. The summed E-state index contributed by atoms with van der Waals surface area (Å²) in [6, 6.07) is 0. The number of rotatable bonds is 9. The van der Waals surface area contributed by atoms with E-state index in [0.717, 1.165) is 36.8 Å². The summed E-state index contributed by atoms with van der Waals surface area (Å²) >= 11 is 0. The van der Waals surface area contributed by atoms with Crippen molar-refractivity contribution < 1.29 is 39.8 Å². The summed E-state index contributed by atoms with van der Waals surface area (Å²) in [6.07, 6.45) is 6.76. The number of ether oxygens (including phenoxy) is 2. The lowest BCUT2D eigenvalue weighted by atomic mass is 9.60. The van der Waals surface area contributed by atoms with Crippen LogP contribution in [0.2, 0.25) is 0 Å². The number of hydrogen-bond donors (Lipinski definition) is 4. The molecule has 1 saturated heterocycles. The molecule has 8 heteroatoms. The number of fused-ring (bicyclic) bond motifs is 1. The van der Waals surface area contributed by atoms with Crippen LogP contribution in [-0.4, -0.2) is 68.8 Å². The average molecular weight is 576 g/mol. The van der Waals surface area contributed by atoms with Gasteiger partial charge in [0.05, 0.1) is 17.7 Å². The molecule has 4 aliphatic rings. The van der Waals surface area contributed by atoms with Gasteiger partial charge in [-0.1, -0.05) is 56.6 Å². The number of carboxylic acids is 1.